The Morgan fingerprint density at radius 1 is 1.19 bits per heavy atom. The summed E-state index contributed by atoms with van der Waals surface area (Å²) < 4.78 is 17.1. The highest BCUT2D eigenvalue weighted by Gasteiger charge is 2.31. The zero-order valence-electron chi connectivity index (χ0n) is 16.5. The van der Waals surface area contributed by atoms with Gasteiger partial charge in [0.05, 0.1) is 32.0 Å². The van der Waals surface area contributed by atoms with Crippen LogP contribution in [0.15, 0.2) is 18.2 Å². The topological polar surface area (TPSA) is 48.0 Å². The van der Waals surface area contributed by atoms with Gasteiger partial charge in [0, 0.05) is 25.7 Å². The molecule has 1 saturated heterocycles. The van der Waals surface area contributed by atoms with Gasteiger partial charge in [-0.3, -0.25) is 9.69 Å². The Balaban J connectivity index is 1.40. The van der Waals surface area contributed by atoms with Gasteiger partial charge in [0.2, 0.25) is 0 Å². The van der Waals surface area contributed by atoms with Crippen molar-refractivity contribution in [3.05, 3.63) is 29.3 Å². The van der Waals surface area contributed by atoms with Crippen LogP contribution in [-0.4, -0.2) is 63.4 Å². The largest absolute Gasteiger partial charge is 0.496 e. The van der Waals surface area contributed by atoms with Crippen LogP contribution in [0.2, 0.25) is 0 Å². The second-order valence-corrected chi connectivity index (χ2v) is 7.56. The van der Waals surface area contributed by atoms with E-state index in [1.807, 2.05) is 18.2 Å². The van der Waals surface area contributed by atoms with Crippen LogP contribution in [0.25, 0.3) is 0 Å². The van der Waals surface area contributed by atoms with E-state index in [4.69, 9.17) is 14.2 Å². The van der Waals surface area contributed by atoms with Crippen LogP contribution in [-0.2, 0) is 15.9 Å². The summed E-state index contributed by atoms with van der Waals surface area (Å²) in [7, 11) is 1.61. The van der Waals surface area contributed by atoms with Gasteiger partial charge in [-0.15, -0.1) is 0 Å². The van der Waals surface area contributed by atoms with Crippen LogP contribution in [0.3, 0.4) is 0 Å². The Labute approximate surface area is 163 Å². The van der Waals surface area contributed by atoms with Crippen molar-refractivity contribution in [3.8, 4) is 5.75 Å². The van der Waals surface area contributed by atoms with Crippen molar-refractivity contribution in [1.29, 1.82) is 0 Å². The number of rotatable bonds is 9. The Morgan fingerprint density at radius 2 is 2.00 bits per heavy atom. The maximum atomic E-state index is 11.0. The van der Waals surface area contributed by atoms with Gasteiger partial charge in [0.15, 0.2) is 6.29 Å². The normalized spacial score (nSPS) is 23.9. The standard InChI is InChI=1S/C22H33NO4/c1-25-22-16-18(9-10-19(22)17-24)6-4-5-13-27-21-8-3-2-7-20(21)23-11-14-26-15-12-23/h9-10,16-17,20-21H,2-8,11-15H2,1H3. The third-order valence-electron chi connectivity index (χ3n) is 5.80. The first kappa shape index (κ1) is 20.3. The summed E-state index contributed by atoms with van der Waals surface area (Å²) in [6.45, 7) is 4.63. The minimum Gasteiger partial charge on any atom is -0.496 e. The van der Waals surface area contributed by atoms with E-state index in [1.54, 1.807) is 7.11 Å². The summed E-state index contributed by atoms with van der Waals surface area (Å²) in [4.78, 5) is 13.6. The monoisotopic (exact) mass is 375 g/mol. The number of aryl methyl sites for hydroxylation is 1. The molecule has 1 aromatic rings. The number of methoxy groups -OCH3 is 1. The molecule has 5 heteroatoms. The average molecular weight is 376 g/mol. The van der Waals surface area contributed by atoms with Gasteiger partial charge < -0.3 is 14.2 Å². The number of aldehydes is 1. The van der Waals surface area contributed by atoms with Crippen molar-refractivity contribution in [2.24, 2.45) is 0 Å². The number of nitrogens with zero attached hydrogens (tertiary/aromatic N) is 1. The number of unbranched alkanes of at least 4 members (excludes halogenated alkanes) is 1. The first-order valence-electron chi connectivity index (χ1n) is 10.4. The molecule has 3 rings (SSSR count). The lowest BCUT2D eigenvalue weighted by Gasteiger charge is -2.41. The van der Waals surface area contributed by atoms with Gasteiger partial charge >= 0.3 is 0 Å². The van der Waals surface area contributed by atoms with Gasteiger partial charge in [-0.1, -0.05) is 18.9 Å². The molecule has 2 aliphatic rings. The first-order chi connectivity index (χ1) is 13.3. The number of carbonyl (C=O) groups excluding carboxylic acids is 1. The van der Waals surface area contributed by atoms with Gasteiger partial charge in [-0.2, -0.15) is 0 Å². The molecule has 0 bridgehead atoms. The van der Waals surface area contributed by atoms with E-state index >= 15 is 0 Å². The number of hydrogen-bond donors (Lipinski definition) is 0. The Bertz CT molecular complexity index is 586. The van der Waals surface area contributed by atoms with Crippen molar-refractivity contribution in [3.63, 3.8) is 0 Å². The number of morpholine rings is 1. The third-order valence-corrected chi connectivity index (χ3v) is 5.80. The molecule has 0 amide bonds. The molecule has 150 valence electrons. The van der Waals surface area contributed by atoms with Gasteiger partial charge in [0.1, 0.15) is 5.75 Å². The quantitative estimate of drug-likeness (QED) is 0.488. The molecule has 2 fully saturated rings. The summed E-state index contributed by atoms with van der Waals surface area (Å²) in [6.07, 6.45) is 9.39. The molecule has 2 atom stereocenters. The van der Waals surface area contributed by atoms with E-state index < -0.39 is 0 Å². The number of benzene rings is 1. The van der Waals surface area contributed by atoms with E-state index in [0.717, 1.165) is 58.5 Å². The van der Waals surface area contributed by atoms with Crippen LogP contribution in [0.5, 0.6) is 5.75 Å². The van der Waals surface area contributed by atoms with E-state index in [0.29, 0.717) is 23.5 Å². The van der Waals surface area contributed by atoms with Crippen molar-refractivity contribution in [2.45, 2.75) is 57.1 Å². The van der Waals surface area contributed by atoms with Crippen LogP contribution in [0.1, 0.15) is 54.4 Å². The summed E-state index contributed by atoms with van der Waals surface area (Å²) in [5, 5.41) is 0. The lowest BCUT2D eigenvalue weighted by molar-refractivity contribution is -0.0660. The molecule has 1 saturated carbocycles. The molecule has 5 nitrogen and oxygen atoms in total. The SMILES string of the molecule is COc1cc(CCCCOC2CCCCC2N2CCOCC2)ccc1C=O. The van der Waals surface area contributed by atoms with Gasteiger partial charge in [-0.05, 0) is 49.8 Å². The van der Waals surface area contributed by atoms with Crippen LogP contribution >= 0.6 is 0 Å². The maximum absolute atomic E-state index is 11.0. The predicted octanol–water partition coefficient (Wildman–Crippen LogP) is 3.49. The summed E-state index contributed by atoms with van der Waals surface area (Å²) in [6, 6.07) is 6.40. The Morgan fingerprint density at radius 3 is 2.78 bits per heavy atom. The van der Waals surface area contributed by atoms with E-state index in [9.17, 15) is 4.79 Å². The molecule has 27 heavy (non-hydrogen) atoms. The van der Waals surface area contributed by atoms with E-state index in [1.165, 1.54) is 31.2 Å². The molecule has 0 spiro atoms. The second kappa shape index (κ2) is 10.8. The summed E-state index contributed by atoms with van der Waals surface area (Å²) in [5.41, 5.74) is 1.82. The highest BCUT2D eigenvalue weighted by molar-refractivity contribution is 5.79. The van der Waals surface area contributed by atoms with Crippen LogP contribution in [0, 0.1) is 0 Å². The minimum absolute atomic E-state index is 0.379. The van der Waals surface area contributed by atoms with Crippen molar-refractivity contribution in [2.75, 3.05) is 40.0 Å². The van der Waals surface area contributed by atoms with Gasteiger partial charge in [0.25, 0.3) is 0 Å². The lowest BCUT2D eigenvalue weighted by atomic mass is 9.91. The number of hydrogen-bond acceptors (Lipinski definition) is 5. The smallest absolute Gasteiger partial charge is 0.153 e. The molecule has 0 radical (unpaired) electrons. The van der Waals surface area contributed by atoms with Crippen molar-refractivity contribution < 1.29 is 19.0 Å². The Hall–Kier alpha value is -1.43. The molecular weight excluding hydrogens is 342 g/mol. The fourth-order valence-corrected chi connectivity index (χ4v) is 4.27. The molecule has 1 aliphatic heterocycles. The maximum Gasteiger partial charge on any atom is 0.153 e. The fraction of sp³-hybridized carbons (Fsp3) is 0.682. The Kier molecular flexibility index (Phi) is 8.11. The number of carbonyl (C=O) groups is 1. The molecular formula is C22H33NO4. The van der Waals surface area contributed by atoms with Crippen LogP contribution in [0.4, 0.5) is 0 Å². The van der Waals surface area contributed by atoms with Gasteiger partial charge in [-0.25, -0.2) is 0 Å². The van der Waals surface area contributed by atoms with E-state index in [-0.39, 0.29) is 0 Å². The highest BCUT2D eigenvalue weighted by Crippen LogP contribution is 2.26. The molecule has 1 aliphatic carbocycles. The van der Waals surface area contributed by atoms with Crippen molar-refractivity contribution >= 4 is 6.29 Å². The lowest BCUT2D eigenvalue weighted by Crippen LogP contribution is -2.51. The average Bonchev–Trinajstić information content (AvgIpc) is 2.74. The summed E-state index contributed by atoms with van der Waals surface area (Å²) in [5.74, 6) is 0.661. The highest BCUT2D eigenvalue weighted by atomic mass is 16.5. The zero-order valence-corrected chi connectivity index (χ0v) is 16.5. The predicted molar refractivity (Wildman–Crippen MR) is 106 cm³/mol. The fourth-order valence-electron chi connectivity index (χ4n) is 4.27. The molecule has 0 aromatic heterocycles. The molecule has 2 unspecified atom stereocenters. The minimum atomic E-state index is 0.379. The number of ether oxygens (including phenoxy) is 3. The second-order valence-electron chi connectivity index (χ2n) is 7.56. The summed E-state index contributed by atoms with van der Waals surface area (Å²) >= 11 is 0. The molecule has 0 N–H and O–H groups in total. The van der Waals surface area contributed by atoms with Crippen molar-refractivity contribution in [1.82, 2.24) is 4.90 Å². The zero-order chi connectivity index (χ0) is 18.9. The van der Waals surface area contributed by atoms with Crippen LogP contribution < -0.4 is 4.74 Å². The van der Waals surface area contributed by atoms with E-state index in [2.05, 4.69) is 4.90 Å². The molecule has 1 aromatic carbocycles. The first-order valence-corrected chi connectivity index (χ1v) is 10.4. The third kappa shape index (κ3) is 5.77. The molecule has 1 heterocycles.